The molecule has 3 nitrogen and oxygen atoms in total. The molecule has 1 N–H and O–H groups in total. The van der Waals surface area contributed by atoms with Crippen molar-refractivity contribution in [3.05, 3.63) is 29.8 Å². The smallest absolute Gasteiger partial charge is 0.119 e. The number of methoxy groups -OCH3 is 1. The summed E-state index contributed by atoms with van der Waals surface area (Å²) in [6.07, 6.45) is 1.98. The van der Waals surface area contributed by atoms with E-state index in [2.05, 4.69) is 31.3 Å². The average molecular weight is 251 g/mol. The quantitative estimate of drug-likeness (QED) is 0.684. The molecular formula is C15H25NO2. The molecule has 3 heteroatoms. The predicted molar refractivity (Wildman–Crippen MR) is 75.3 cm³/mol. The molecule has 0 saturated carbocycles. The predicted octanol–water partition coefficient (Wildman–Crippen LogP) is 2.64. The standard InChI is InChI=1S/C15H25NO2/c1-4-16-13(2)12-14-6-8-15(9-7-14)18-11-5-10-17-3/h6-9,13,16H,4-5,10-12H2,1-3H3. The minimum atomic E-state index is 0.517. The molecular weight excluding hydrogens is 226 g/mol. The summed E-state index contributed by atoms with van der Waals surface area (Å²) in [5, 5.41) is 3.41. The molecule has 0 spiro atoms. The maximum atomic E-state index is 5.62. The number of hydrogen-bond donors (Lipinski definition) is 1. The molecule has 0 amide bonds. The molecule has 0 aliphatic rings. The van der Waals surface area contributed by atoms with Crippen LogP contribution < -0.4 is 10.1 Å². The van der Waals surface area contributed by atoms with Crippen molar-refractivity contribution in [3.8, 4) is 5.75 Å². The van der Waals surface area contributed by atoms with E-state index in [1.54, 1.807) is 7.11 Å². The van der Waals surface area contributed by atoms with Gasteiger partial charge in [-0.2, -0.15) is 0 Å². The Morgan fingerprint density at radius 3 is 2.50 bits per heavy atom. The molecule has 0 aliphatic heterocycles. The second kappa shape index (κ2) is 8.95. The van der Waals surface area contributed by atoms with Gasteiger partial charge in [0.15, 0.2) is 0 Å². The summed E-state index contributed by atoms with van der Waals surface area (Å²) in [6, 6.07) is 8.88. The van der Waals surface area contributed by atoms with E-state index in [0.717, 1.165) is 31.7 Å². The van der Waals surface area contributed by atoms with Crippen LogP contribution in [0.15, 0.2) is 24.3 Å². The largest absolute Gasteiger partial charge is 0.494 e. The first kappa shape index (κ1) is 15.0. The molecule has 102 valence electrons. The van der Waals surface area contributed by atoms with Crippen molar-refractivity contribution >= 4 is 0 Å². The first-order chi connectivity index (χ1) is 8.76. The van der Waals surface area contributed by atoms with E-state index in [1.807, 2.05) is 12.1 Å². The fourth-order valence-corrected chi connectivity index (χ4v) is 1.89. The van der Waals surface area contributed by atoms with Crippen molar-refractivity contribution in [2.24, 2.45) is 0 Å². The third kappa shape index (κ3) is 6.03. The minimum Gasteiger partial charge on any atom is -0.494 e. The number of likely N-dealkylation sites (N-methyl/N-ethyl adjacent to an activating group) is 1. The van der Waals surface area contributed by atoms with Gasteiger partial charge >= 0.3 is 0 Å². The van der Waals surface area contributed by atoms with Crippen LogP contribution in [0.4, 0.5) is 0 Å². The van der Waals surface area contributed by atoms with E-state index < -0.39 is 0 Å². The number of rotatable bonds is 9. The van der Waals surface area contributed by atoms with Gasteiger partial charge in [0.25, 0.3) is 0 Å². The summed E-state index contributed by atoms with van der Waals surface area (Å²) in [5.74, 6) is 0.936. The highest BCUT2D eigenvalue weighted by Crippen LogP contribution is 2.13. The van der Waals surface area contributed by atoms with Crippen molar-refractivity contribution in [1.82, 2.24) is 5.32 Å². The molecule has 1 aromatic rings. The maximum Gasteiger partial charge on any atom is 0.119 e. The number of benzene rings is 1. The molecule has 1 unspecified atom stereocenters. The third-order valence-corrected chi connectivity index (χ3v) is 2.78. The third-order valence-electron chi connectivity index (χ3n) is 2.78. The summed E-state index contributed by atoms with van der Waals surface area (Å²) in [4.78, 5) is 0. The van der Waals surface area contributed by atoms with Gasteiger partial charge in [0.1, 0.15) is 5.75 Å². The molecule has 0 bridgehead atoms. The van der Waals surface area contributed by atoms with Crippen molar-refractivity contribution in [2.45, 2.75) is 32.7 Å². The first-order valence-electron chi connectivity index (χ1n) is 6.70. The summed E-state index contributed by atoms with van der Waals surface area (Å²) >= 11 is 0. The van der Waals surface area contributed by atoms with Gasteiger partial charge in [0.05, 0.1) is 6.61 Å². The molecule has 18 heavy (non-hydrogen) atoms. The minimum absolute atomic E-state index is 0.517. The van der Waals surface area contributed by atoms with Crippen LogP contribution in [0, 0.1) is 0 Å². The van der Waals surface area contributed by atoms with Gasteiger partial charge in [-0.25, -0.2) is 0 Å². The van der Waals surface area contributed by atoms with Crippen LogP contribution in [0.5, 0.6) is 5.75 Å². The van der Waals surface area contributed by atoms with E-state index in [4.69, 9.17) is 9.47 Å². The van der Waals surface area contributed by atoms with Crippen LogP contribution in [0.1, 0.15) is 25.8 Å². The highest BCUT2D eigenvalue weighted by Gasteiger charge is 2.02. The molecule has 0 aromatic heterocycles. The monoisotopic (exact) mass is 251 g/mol. The Morgan fingerprint density at radius 1 is 1.17 bits per heavy atom. The maximum absolute atomic E-state index is 5.62. The summed E-state index contributed by atoms with van der Waals surface area (Å²) in [7, 11) is 1.71. The van der Waals surface area contributed by atoms with Crippen LogP contribution in [0.25, 0.3) is 0 Å². The van der Waals surface area contributed by atoms with Gasteiger partial charge in [0, 0.05) is 26.2 Å². The number of nitrogens with one attached hydrogen (secondary N) is 1. The van der Waals surface area contributed by atoms with Crippen LogP contribution in [0.3, 0.4) is 0 Å². The van der Waals surface area contributed by atoms with Crippen molar-refractivity contribution in [2.75, 3.05) is 26.9 Å². The number of hydrogen-bond acceptors (Lipinski definition) is 3. The molecule has 1 aromatic carbocycles. The summed E-state index contributed by atoms with van der Waals surface area (Å²) in [6.45, 7) is 6.81. The van der Waals surface area contributed by atoms with Crippen molar-refractivity contribution < 1.29 is 9.47 Å². The summed E-state index contributed by atoms with van der Waals surface area (Å²) in [5.41, 5.74) is 1.34. The van der Waals surface area contributed by atoms with Crippen LogP contribution in [-0.2, 0) is 11.2 Å². The highest BCUT2D eigenvalue weighted by atomic mass is 16.5. The van der Waals surface area contributed by atoms with E-state index in [1.165, 1.54) is 5.56 Å². The Balaban J connectivity index is 2.33. The molecule has 1 rings (SSSR count). The van der Waals surface area contributed by atoms with E-state index in [-0.39, 0.29) is 0 Å². The normalized spacial score (nSPS) is 12.4. The topological polar surface area (TPSA) is 30.5 Å². The van der Waals surface area contributed by atoms with Crippen LogP contribution >= 0.6 is 0 Å². The van der Waals surface area contributed by atoms with Gasteiger partial charge in [-0.3, -0.25) is 0 Å². The Bertz CT molecular complexity index is 311. The molecule has 0 heterocycles. The Kier molecular flexibility index (Phi) is 7.46. The zero-order valence-corrected chi connectivity index (χ0v) is 11.7. The molecule has 0 saturated heterocycles. The zero-order valence-electron chi connectivity index (χ0n) is 11.7. The van der Waals surface area contributed by atoms with Gasteiger partial charge in [-0.1, -0.05) is 19.1 Å². The molecule has 0 aliphatic carbocycles. The lowest BCUT2D eigenvalue weighted by molar-refractivity contribution is 0.172. The second-order valence-electron chi connectivity index (χ2n) is 4.50. The Labute approximate surface area is 110 Å². The Hall–Kier alpha value is -1.06. The van der Waals surface area contributed by atoms with Gasteiger partial charge in [-0.05, 0) is 37.6 Å². The van der Waals surface area contributed by atoms with Crippen molar-refractivity contribution in [3.63, 3.8) is 0 Å². The summed E-state index contributed by atoms with van der Waals surface area (Å²) < 4.78 is 10.6. The van der Waals surface area contributed by atoms with E-state index in [9.17, 15) is 0 Å². The fraction of sp³-hybridized carbons (Fsp3) is 0.600. The first-order valence-corrected chi connectivity index (χ1v) is 6.70. The molecule has 1 atom stereocenters. The zero-order chi connectivity index (χ0) is 13.2. The van der Waals surface area contributed by atoms with Gasteiger partial charge in [0.2, 0.25) is 0 Å². The lowest BCUT2D eigenvalue weighted by atomic mass is 10.1. The van der Waals surface area contributed by atoms with E-state index >= 15 is 0 Å². The number of ether oxygens (including phenoxy) is 2. The average Bonchev–Trinajstić information content (AvgIpc) is 2.37. The van der Waals surface area contributed by atoms with Crippen molar-refractivity contribution in [1.29, 1.82) is 0 Å². The lowest BCUT2D eigenvalue weighted by Gasteiger charge is -2.12. The fourth-order valence-electron chi connectivity index (χ4n) is 1.89. The SMILES string of the molecule is CCNC(C)Cc1ccc(OCCCOC)cc1. The molecule has 0 fully saturated rings. The van der Waals surface area contributed by atoms with Gasteiger partial charge < -0.3 is 14.8 Å². The lowest BCUT2D eigenvalue weighted by Crippen LogP contribution is -2.27. The van der Waals surface area contributed by atoms with Gasteiger partial charge in [-0.15, -0.1) is 0 Å². The highest BCUT2D eigenvalue weighted by molar-refractivity contribution is 5.27. The second-order valence-corrected chi connectivity index (χ2v) is 4.50. The van der Waals surface area contributed by atoms with Crippen LogP contribution in [0.2, 0.25) is 0 Å². The van der Waals surface area contributed by atoms with Crippen LogP contribution in [-0.4, -0.2) is 32.9 Å². The molecule has 0 radical (unpaired) electrons. The van der Waals surface area contributed by atoms with E-state index in [0.29, 0.717) is 12.6 Å². The Morgan fingerprint density at radius 2 is 1.89 bits per heavy atom.